The third-order valence-electron chi connectivity index (χ3n) is 7.20. The van der Waals surface area contributed by atoms with Gasteiger partial charge in [0, 0.05) is 61.0 Å². The van der Waals surface area contributed by atoms with E-state index in [0.29, 0.717) is 31.5 Å². The lowest BCUT2D eigenvalue weighted by molar-refractivity contribution is 0.193. The number of pyridine rings is 1. The standard InChI is InChI=1S/C27H29FN4O/c1-18-15-23-22-7-2-3-8-24(22)30-26(23)27(32(18)21-5-4-6-21)19-9-10-25(29-16-19)33-14-13-31-12-11-20(28)17-31/h2-4,7-10,16,18,20,27,30H,5,11-15,17H2,1H3/t18-,20?,27-/m1/s1. The van der Waals surface area contributed by atoms with Crippen molar-refractivity contribution >= 4 is 10.9 Å². The average Bonchev–Trinajstić information content (AvgIpc) is 3.37. The molecule has 1 aliphatic carbocycles. The number of fused-ring (bicyclic) bond motifs is 3. The molecule has 0 saturated carbocycles. The van der Waals surface area contributed by atoms with Gasteiger partial charge in [0.2, 0.25) is 5.88 Å². The summed E-state index contributed by atoms with van der Waals surface area (Å²) in [6, 6.07) is 13.1. The second-order valence-corrected chi connectivity index (χ2v) is 9.39. The first kappa shape index (κ1) is 20.5. The van der Waals surface area contributed by atoms with Gasteiger partial charge in [-0.2, -0.15) is 0 Å². The predicted octanol–water partition coefficient (Wildman–Crippen LogP) is 4.76. The van der Waals surface area contributed by atoms with Crippen LogP contribution in [0.5, 0.6) is 5.88 Å². The molecule has 33 heavy (non-hydrogen) atoms. The molecule has 3 aliphatic rings. The Kier molecular flexibility index (Phi) is 5.20. The molecule has 6 heteroatoms. The van der Waals surface area contributed by atoms with Gasteiger partial charge in [-0.05, 0) is 49.1 Å². The molecule has 170 valence electrons. The van der Waals surface area contributed by atoms with E-state index in [2.05, 4.69) is 68.8 Å². The highest BCUT2D eigenvalue weighted by molar-refractivity contribution is 5.85. The number of hydrogen-bond acceptors (Lipinski definition) is 4. The van der Waals surface area contributed by atoms with Crippen LogP contribution in [-0.4, -0.2) is 58.2 Å². The van der Waals surface area contributed by atoms with Crippen LogP contribution in [0, 0.1) is 0 Å². The Hall–Kier alpha value is -3.08. The van der Waals surface area contributed by atoms with E-state index >= 15 is 0 Å². The number of ether oxygens (including phenoxy) is 1. The Morgan fingerprint density at radius 2 is 2.12 bits per heavy atom. The van der Waals surface area contributed by atoms with Gasteiger partial charge in [0.25, 0.3) is 0 Å². The summed E-state index contributed by atoms with van der Waals surface area (Å²) in [5, 5.41) is 1.31. The Morgan fingerprint density at radius 3 is 2.85 bits per heavy atom. The van der Waals surface area contributed by atoms with Gasteiger partial charge in [-0.15, -0.1) is 5.73 Å². The van der Waals surface area contributed by atoms with Gasteiger partial charge in [0.05, 0.1) is 11.7 Å². The molecular formula is C27H29FN4O. The second-order valence-electron chi connectivity index (χ2n) is 9.39. The predicted molar refractivity (Wildman–Crippen MR) is 127 cm³/mol. The van der Waals surface area contributed by atoms with Crippen molar-refractivity contribution in [3.63, 3.8) is 0 Å². The fraction of sp³-hybridized carbons (Fsp3) is 0.407. The highest BCUT2D eigenvalue weighted by Gasteiger charge is 2.37. The van der Waals surface area contributed by atoms with E-state index in [1.54, 1.807) is 0 Å². The lowest BCUT2D eigenvalue weighted by Gasteiger charge is -2.44. The molecule has 1 aromatic carbocycles. The summed E-state index contributed by atoms with van der Waals surface area (Å²) >= 11 is 0. The van der Waals surface area contributed by atoms with Gasteiger partial charge in [-0.1, -0.05) is 18.2 Å². The molecular weight excluding hydrogens is 415 g/mol. The van der Waals surface area contributed by atoms with E-state index < -0.39 is 6.17 Å². The third-order valence-corrected chi connectivity index (χ3v) is 7.20. The zero-order valence-electron chi connectivity index (χ0n) is 18.9. The summed E-state index contributed by atoms with van der Waals surface area (Å²) < 4.78 is 19.2. The number of nitrogens with one attached hydrogen (secondary N) is 1. The summed E-state index contributed by atoms with van der Waals surface area (Å²) in [5.74, 6) is 0.616. The van der Waals surface area contributed by atoms with Crippen LogP contribution in [0.1, 0.15) is 42.6 Å². The van der Waals surface area contributed by atoms with Crippen molar-refractivity contribution in [3.05, 3.63) is 76.9 Å². The van der Waals surface area contributed by atoms with Gasteiger partial charge >= 0.3 is 0 Å². The maximum atomic E-state index is 13.4. The number of aromatic amines is 1. The summed E-state index contributed by atoms with van der Waals surface area (Å²) in [5.41, 5.74) is 9.64. The summed E-state index contributed by atoms with van der Waals surface area (Å²) in [7, 11) is 0. The van der Waals surface area contributed by atoms with E-state index in [4.69, 9.17) is 4.74 Å². The van der Waals surface area contributed by atoms with Crippen LogP contribution >= 0.6 is 0 Å². The molecule has 1 saturated heterocycles. The molecule has 5 nitrogen and oxygen atoms in total. The number of alkyl halides is 1. The third kappa shape index (κ3) is 3.73. The summed E-state index contributed by atoms with van der Waals surface area (Å²) in [6.07, 6.45) is 5.94. The normalized spacial score (nSPS) is 24.6. The van der Waals surface area contributed by atoms with Crippen molar-refractivity contribution in [1.82, 2.24) is 19.8 Å². The van der Waals surface area contributed by atoms with Crippen LogP contribution in [0.4, 0.5) is 4.39 Å². The topological polar surface area (TPSA) is 44.4 Å². The molecule has 1 unspecified atom stereocenters. The highest BCUT2D eigenvalue weighted by atomic mass is 19.1. The molecule has 2 aromatic heterocycles. The SMILES string of the molecule is C[C@@H]1Cc2c([nH]c3ccccc23)[C@@H](c2ccc(OCCN3CCC(F)C3)nc2)N1C1=C=CC1. The number of hydrogen-bond donors (Lipinski definition) is 1. The van der Waals surface area contributed by atoms with Crippen molar-refractivity contribution in [2.45, 2.75) is 44.4 Å². The Labute approximate surface area is 193 Å². The maximum Gasteiger partial charge on any atom is 0.213 e. The first-order valence-corrected chi connectivity index (χ1v) is 11.9. The maximum absolute atomic E-state index is 13.4. The van der Waals surface area contributed by atoms with Crippen molar-refractivity contribution in [3.8, 4) is 5.88 Å². The van der Waals surface area contributed by atoms with E-state index in [0.717, 1.165) is 31.5 Å². The second kappa shape index (κ2) is 8.36. The minimum Gasteiger partial charge on any atom is -0.476 e. The number of likely N-dealkylation sites (tertiary alicyclic amines) is 1. The molecule has 6 rings (SSSR count). The number of rotatable bonds is 6. The summed E-state index contributed by atoms with van der Waals surface area (Å²) in [4.78, 5) is 12.9. The lowest BCUT2D eigenvalue weighted by Crippen LogP contribution is -2.42. The van der Waals surface area contributed by atoms with E-state index in [1.807, 2.05) is 12.3 Å². The first-order chi connectivity index (χ1) is 16.2. The quantitative estimate of drug-likeness (QED) is 0.557. The fourth-order valence-corrected chi connectivity index (χ4v) is 5.49. The number of benzene rings is 1. The van der Waals surface area contributed by atoms with Gasteiger partial charge in [-0.25, -0.2) is 9.37 Å². The van der Waals surface area contributed by atoms with Crippen molar-refractivity contribution in [2.75, 3.05) is 26.2 Å². The van der Waals surface area contributed by atoms with E-state index in [1.165, 1.54) is 27.9 Å². The zero-order chi connectivity index (χ0) is 22.4. The lowest BCUT2D eigenvalue weighted by atomic mass is 9.87. The van der Waals surface area contributed by atoms with Crippen molar-refractivity contribution < 1.29 is 9.13 Å². The average molecular weight is 445 g/mol. The van der Waals surface area contributed by atoms with Gasteiger partial charge in [0.1, 0.15) is 12.8 Å². The molecule has 0 radical (unpaired) electrons. The molecule has 2 aliphatic heterocycles. The molecule has 3 atom stereocenters. The van der Waals surface area contributed by atoms with Gasteiger partial charge in [0.15, 0.2) is 0 Å². The molecule has 4 heterocycles. The number of nitrogens with zero attached hydrogens (tertiary/aromatic N) is 3. The monoisotopic (exact) mass is 444 g/mol. The Bertz CT molecular complexity index is 1230. The minimum absolute atomic E-state index is 0.0694. The highest BCUT2D eigenvalue weighted by Crippen LogP contribution is 2.43. The summed E-state index contributed by atoms with van der Waals surface area (Å²) in [6.45, 7) is 4.88. The first-order valence-electron chi connectivity index (χ1n) is 11.9. The molecule has 0 amide bonds. The van der Waals surface area contributed by atoms with E-state index in [-0.39, 0.29) is 6.04 Å². The molecule has 1 N–H and O–H groups in total. The van der Waals surface area contributed by atoms with Crippen LogP contribution in [0.15, 0.2) is 60.1 Å². The molecule has 0 spiro atoms. The Morgan fingerprint density at radius 1 is 1.24 bits per heavy atom. The zero-order valence-corrected chi connectivity index (χ0v) is 18.9. The smallest absolute Gasteiger partial charge is 0.213 e. The number of para-hydroxylation sites is 1. The van der Waals surface area contributed by atoms with Gasteiger partial charge < -0.3 is 14.6 Å². The van der Waals surface area contributed by atoms with Gasteiger partial charge in [-0.3, -0.25) is 4.90 Å². The minimum atomic E-state index is -0.696. The largest absolute Gasteiger partial charge is 0.476 e. The Balaban J connectivity index is 1.27. The van der Waals surface area contributed by atoms with Crippen LogP contribution in [0.2, 0.25) is 0 Å². The van der Waals surface area contributed by atoms with Crippen LogP contribution in [0.3, 0.4) is 0 Å². The molecule has 0 bridgehead atoms. The fourth-order valence-electron chi connectivity index (χ4n) is 5.49. The van der Waals surface area contributed by atoms with Crippen LogP contribution < -0.4 is 4.74 Å². The molecule has 3 aromatic rings. The molecule has 1 fully saturated rings. The number of H-pyrrole nitrogens is 1. The number of halogens is 1. The van der Waals surface area contributed by atoms with E-state index in [9.17, 15) is 4.39 Å². The van der Waals surface area contributed by atoms with Crippen LogP contribution in [-0.2, 0) is 6.42 Å². The van der Waals surface area contributed by atoms with Crippen molar-refractivity contribution in [1.29, 1.82) is 0 Å². The van der Waals surface area contributed by atoms with Crippen LogP contribution in [0.25, 0.3) is 10.9 Å². The number of aromatic nitrogens is 2. The van der Waals surface area contributed by atoms with Crippen molar-refractivity contribution in [2.24, 2.45) is 0 Å².